The predicted molar refractivity (Wildman–Crippen MR) is 67.1 cm³/mol. The van der Waals surface area contributed by atoms with E-state index in [9.17, 15) is 4.39 Å². The maximum absolute atomic E-state index is 12.4. The van der Waals surface area contributed by atoms with Gasteiger partial charge in [0.15, 0.2) is 0 Å². The summed E-state index contributed by atoms with van der Waals surface area (Å²) in [6, 6.07) is 8.28. The van der Waals surface area contributed by atoms with Crippen LogP contribution in [0.25, 0.3) is 0 Å². The van der Waals surface area contributed by atoms with Crippen LogP contribution in [-0.4, -0.2) is 6.54 Å². The molecule has 2 N–H and O–H groups in total. The minimum Gasteiger partial charge on any atom is -0.327 e. The van der Waals surface area contributed by atoms with Gasteiger partial charge in [0.05, 0.1) is 6.33 Å². The first-order valence-electron chi connectivity index (χ1n) is 5.55. The van der Waals surface area contributed by atoms with Crippen molar-refractivity contribution in [1.29, 1.82) is 0 Å². The fourth-order valence-corrected chi connectivity index (χ4v) is 1.54. The van der Waals surface area contributed by atoms with Crippen LogP contribution in [0.5, 0.6) is 0 Å². The van der Waals surface area contributed by atoms with Crippen LogP contribution in [-0.2, 0) is 11.8 Å². The topological polar surface area (TPSA) is 26.0 Å². The van der Waals surface area contributed by atoms with E-state index in [2.05, 4.69) is 32.9 Å². The van der Waals surface area contributed by atoms with Crippen molar-refractivity contribution in [2.75, 3.05) is 6.54 Å². The first-order valence-corrected chi connectivity index (χ1v) is 5.55. The molecule has 0 saturated carbocycles. The zero-order chi connectivity index (χ0) is 12.2. The molecule has 0 radical (unpaired) electrons. The van der Waals surface area contributed by atoms with Gasteiger partial charge in [-0.05, 0) is 28.5 Å². The molecule has 0 aliphatic heterocycles. The highest BCUT2D eigenvalue weighted by molar-refractivity contribution is 5.29. The maximum Gasteiger partial charge on any atom is 0.0875 e. The van der Waals surface area contributed by atoms with Gasteiger partial charge in [-0.2, -0.15) is 0 Å². The first-order chi connectivity index (χ1) is 7.47. The molecule has 88 valence electrons. The molecule has 0 amide bonds. The van der Waals surface area contributed by atoms with Gasteiger partial charge in [0.25, 0.3) is 0 Å². The standard InChI is InChI=1S/C14H20FN/c1-14(2,3)13-6-4-11(5-7-13)8-12(9-15)10-16/h4-7,9H,8,10,16H2,1-3H3. The summed E-state index contributed by atoms with van der Waals surface area (Å²) in [4.78, 5) is 0. The van der Waals surface area contributed by atoms with E-state index in [4.69, 9.17) is 5.73 Å². The molecule has 0 unspecified atom stereocenters. The summed E-state index contributed by atoms with van der Waals surface area (Å²) >= 11 is 0. The van der Waals surface area contributed by atoms with Gasteiger partial charge in [0.1, 0.15) is 0 Å². The van der Waals surface area contributed by atoms with E-state index in [1.807, 2.05) is 12.1 Å². The normalized spacial score (nSPS) is 12.9. The van der Waals surface area contributed by atoms with Crippen molar-refractivity contribution in [1.82, 2.24) is 0 Å². The van der Waals surface area contributed by atoms with Gasteiger partial charge in [-0.3, -0.25) is 0 Å². The van der Waals surface area contributed by atoms with Crippen LogP contribution in [0.1, 0.15) is 31.9 Å². The SMILES string of the molecule is CC(C)(C)c1ccc(CC(=CF)CN)cc1. The molecule has 1 rings (SSSR count). The van der Waals surface area contributed by atoms with Crippen LogP contribution in [0, 0.1) is 0 Å². The lowest BCUT2D eigenvalue weighted by atomic mass is 9.86. The van der Waals surface area contributed by atoms with Crippen molar-refractivity contribution in [3.63, 3.8) is 0 Å². The lowest BCUT2D eigenvalue weighted by Crippen LogP contribution is -2.11. The minimum atomic E-state index is 0.158. The highest BCUT2D eigenvalue weighted by Gasteiger charge is 2.12. The van der Waals surface area contributed by atoms with E-state index in [0.29, 0.717) is 18.3 Å². The van der Waals surface area contributed by atoms with Crippen molar-refractivity contribution in [2.45, 2.75) is 32.6 Å². The average Bonchev–Trinajstić information content (AvgIpc) is 2.25. The Morgan fingerprint density at radius 2 is 1.81 bits per heavy atom. The Balaban J connectivity index is 2.80. The summed E-state index contributed by atoms with van der Waals surface area (Å²) in [7, 11) is 0. The third-order valence-electron chi connectivity index (χ3n) is 2.67. The van der Waals surface area contributed by atoms with E-state index in [0.717, 1.165) is 5.56 Å². The van der Waals surface area contributed by atoms with Gasteiger partial charge >= 0.3 is 0 Å². The average molecular weight is 221 g/mol. The van der Waals surface area contributed by atoms with Crippen molar-refractivity contribution in [2.24, 2.45) is 5.73 Å². The Morgan fingerprint density at radius 1 is 1.25 bits per heavy atom. The smallest absolute Gasteiger partial charge is 0.0875 e. The van der Waals surface area contributed by atoms with Crippen molar-refractivity contribution >= 4 is 0 Å². The highest BCUT2D eigenvalue weighted by atomic mass is 19.1. The third-order valence-corrected chi connectivity index (χ3v) is 2.67. The molecule has 0 aliphatic rings. The zero-order valence-electron chi connectivity index (χ0n) is 10.3. The molecule has 0 aromatic heterocycles. The molecule has 0 fully saturated rings. The number of benzene rings is 1. The molecule has 1 nitrogen and oxygen atoms in total. The second-order valence-electron chi connectivity index (χ2n) is 5.10. The molecule has 16 heavy (non-hydrogen) atoms. The molecule has 0 saturated heterocycles. The van der Waals surface area contributed by atoms with E-state index >= 15 is 0 Å². The second kappa shape index (κ2) is 5.26. The Kier molecular flexibility index (Phi) is 4.25. The van der Waals surface area contributed by atoms with Gasteiger partial charge in [0.2, 0.25) is 0 Å². The summed E-state index contributed by atoms with van der Waals surface area (Å²) in [5.41, 5.74) is 8.59. The molecule has 0 heterocycles. The molecule has 0 atom stereocenters. The third kappa shape index (κ3) is 3.46. The Hall–Kier alpha value is -1.15. The Labute approximate surface area is 97.2 Å². The van der Waals surface area contributed by atoms with Crippen LogP contribution in [0.3, 0.4) is 0 Å². The number of hydrogen-bond donors (Lipinski definition) is 1. The van der Waals surface area contributed by atoms with Crippen molar-refractivity contribution in [3.05, 3.63) is 47.3 Å². The fraction of sp³-hybridized carbons (Fsp3) is 0.429. The van der Waals surface area contributed by atoms with E-state index < -0.39 is 0 Å². The number of hydrogen-bond acceptors (Lipinski definition) is 1. The van der Waals surface area contributed by atoms with Gasteiger partial charge in [0, 0.05) is 6.54 Å². The molecular formula is C14H20FN. The molecule has 1 aromatic rings. The summed E-state index contributed by atoms with van der Waals surface area (Å²) in [6.45, 7) is 6.80. The number of nitrogens with two attached hydrogens (primary N) is 1. The predicted octanol–water partition coefficient (Wildman–Crippen LogP) is 3.34. The van der Waals surface area contributed by atoms with Gasteiger partial charge in [-0.1, -0.05) is 45.0 Å². The summed E-state index contributed by atoms with van der Waals surface area (Å²) < 4.78 is 12.4. The Bertz CT molecular complexity index is 357. The summed E-state index contributed by atoms with van der Waals surface area (Å²) in [6.07, 6.45) is 1.20. The zero-order valence-corrected chi connectivity index (χ0v) is 10.3. The molecule has 2 heteroatoms. The highest BCUT2D eigenvalue weighted by Crippen LogP contribution is 2.22. The summed E-state index contributed by atoms with van der Waals surface area (Å²) in [5.74, 6) is 0. The van der Waals surface area contributed by atoms with Gasteiger partial charge in [-0.15, -0.1) is 0 Å². The molecule has 0 bridgehead atoms. The fourth-order valence-electron chi connectivity index (χ4n) is 1.54. The quantitative estimate of drug-likeness (QED) is 0.832. The van der Waals surface area contributed by atoms with Crippen LogP contribution in [0.2, 0.25) is 0 Å². The first kappa shape index (κ1) is 12.9. The molecule has 1 aromatic carbocycles. The molecule has 0 spiro atoms. The van der Waals surface area contributed by atoms with Gasteiger partial charge < -0.3 is 5.73 Å². The van der Waals surface area contributed by atoms with E-state index in [-0.39, 0.29) is 12.0 Å². The van der Waals surface area contributed by atoms with Crippen molar-refractivity contribution < 1.29 is 4.39 Å². The van der Waals surface area contributed by atoms with Crippen molar-refractivity contribution in [3.8, 4) is 0 Å². The van der Waals surface area contributed by atoms with Gasteiger partial charge in [-0.25, -0.2) is 4.39 Å². The van der Waals surface area contributed by atoms with Crippen LogP contribution < -0.4 is 5.73 Å². The lowest BCUT2D eigenvalue weighted by Gasteiger charge is -2.19. The number of rotatable bonds is 3. The molecule has 0 aliphatic carbocycles. The van der Waals surface area contributed by atoms with E-state index in [1.165, 1.54) is 5.56 Å². The molecular weight excluding hydrogens is 201 g/mol. The van der Waals surface area contributed by atoms with E-state index in [1.54, 1.807) is 0 Å². The summed E-state index contributed by atoms with van der Waals surface area (Å²) in [5, 5.41) is 0. The van der Waals surface area contributed by atoms with Crippen LogP contribution in [0.4, 0.5) is 4.39 Å². The maximum atomic E-state index is 12.4. The second-order valence-corrected chi connectivity index (χ2v) is 5.10. The minimum absolute atomic E-state index is 0.158. The van der Waals surface area contributed by atoms with Crippen LogP contribution in [0.15, 0.2) is 36.2 Å². The lowest BCUT2D eigenvalue weighted by molar-refractivity contribution is 0.590. The Morgan fingerprint density at radius 3 is 2.19 bits per heavy atom. The number of halogens is 1. The monoisotopic (exact) mass is 221 g/mol. The largest absolute Gasteiger partial charge is 0.327 e. The van der Waals surface area contributed by atoms with Crippen LogP contribution >= 0.6 is 0 Å².